The van der Waals surface area contributed by atoms with Crippen LogP contribution in [0.3, 0.4) is 0 Å². The van der Waals surface area contributed by atoms with Gasteiger partial charge >= 0.3 is 0 Å². The van der Waals surface area contributed by atoms with Crippen LogP contribution in [-0.2, 0) is 9.59 Å². The largest absolute Gasteiger partial charge is 0.356 e. The minimum atomic E-state index is -0.0991. The third-order valence-corrected chi connectivity index (χ3v) is 1.93. The minimum Gasteiger partial charge on any atom is -0.356 e. The monoisotopic (exact) mass is 227 g/mol. The molecule has 2 amide bonds. The first-order chi connectivity index (χ1) is 7.70. The molecule has 0 aliphatic heterocycles. The summed E-state index contributed by atoms with van der Waals surface area (Å²) in [6.45, 7) is 5.39. The Balaban J connectivity index is 3.36. The van der Waals surface area contributed by atoms with Gasteiger partial charge in [-0.15, -0.1) is 6.58 Å². The number of carbonyl (C=O) groups excluding carboxylic acids is 2. The quantitative estimate of drug-likeness (QED) is 0.377. The highest BCUT2D eigenvalue weighted by Gasteiger charge is 2.01. The Morgan fingerprint density at radius 1 is 1.12 bits per heavy atom. The molecule has 0 saturated heterocycles. The molecule has 0 aliphatic carbocycles. The summed E-state index contributed by atoms with van der Waals surface area (Å²) in [4.78, 5) is 22.2. The standard InChI is InChI=1S/C11H21N3O2/c1-3-5-10(15)14-9-6-11(16)13-8-4-7-12-2/h3,12H,1,4-9H2,2H3,(H,13,16)(H,14,15). The summed E-state index contributed by atoms with van der Waals surface area (Å²) < 4.78 is 0. The fraction of sp³-hybridized carbons (Fsp3) is 0.636. The van der Waals surface area contributed by atoms with Crippen molar-refractivity contribution < 1.29 is 9.59 Å². The van der Waals surface area contributed by atoms with Crippen molar-refractivity contribution >= 4 is 11.8 Å². The van der Waals surface area contributed by atoms with Crippen molar-refractivity contribution in [1.82, 2.24) is 16.0 Å². The molecule has 0 radical (unpaired) electrons. The second-order valence-corrected chi connectivity index (χ2v) is 3.40. The molecule has 0 unspecified atom stereocenters. The van der Waals surface area contributed by atoms with E-state index >= 15 is 0 Å². The first kappa shape index (κ1) is 14.6. The van der Waals surface area contributed by atoms with E-state index in [1.807, 2.05) is 7.05 Å². The Morgan fingerprint density at radius 3 is 2.44 bits per heavy atom. The van der Waals surface area contributed by atoms with Crippen LogP contribution in [0.2, 0.25) is 0 Å². The van der Waals surface area contributed by atoms with Crippen LogP contribution in [0.4, 0.5) is 0 Å². The van der Waals surface area contributed by atoms with Crippen LogP contribution in [0.1, 0.15) is 19.3 Å². The van der Waals surface area contributed by atoms with Crippen LogP contribution in [0.25, 0.3) is 0 Å². The average molecular weight is 227 g/mol. The Morgan fingerprint density at radius 2 is 1.81 bits per heavy atom. The second-order valence-electron chi connectivity index (χ2n) is 3.40. The normalized spacial score (nSPS) is 9.56. The van der Waals surface area contributed by atoms with Gasteiger partial charge in [0.15, 0.2) is 0 Å². The lowest BCUT2D eigenvalue weighted by molar-refractivity contribution is -0.121. The Kier molecular flexibility index (Phi) is 9.30. The van der Waals surface area contributed by atoms with E-state index < -0.39 is 0 Å². The van der Waals surface area contributed by atoms with Crippen molar-refractivity contribution in [3.05, 3.63) is 12.7 Å². The molecule has 0 aromatic carbocycles. The van der Waals surface area contributed by atoms with Crippen molar-refractivity contribution in [1.29, 1.82) is 0 Å². The van der Waals surface area contributed by atoms with Gasteiger partial charge in [0.05, 0.1) is 0 Å². The molecule has 92 valence electrons. The molecule has 5 nitrogen and oxygen atoms in total. The molecule has 0 heterocycles. The summed E-state index contributed by atoms with van der Waals surface area (Å²) >= 11 is 0. The molecular weight excluding hydrogens is 206 g/mol. The first-order valence-corrected chi connectivity index (χ1v) is 5.49. The zero-order valence-corrected chi connectivity index (χ0v) is 9.84. The summed E-state index contributed by atoms with van der Waals surface area (Å²) in [6.07, 6.45) is 3.06. The number of rotatable bonds is 9. The van der Waals surface area contributed by atoms with E-state index in [9.17, 15) is 9.59 Å². The van der Waals surface area contributed by atoms with E-state index in [2.05, 4.69) is 22.5 Å². The van der Waals surface area contributed by atoms with Gasteiger partial charge in [0.1, 0.15) is 0 Å². The molecule has 0 spiro atoms. The number of hydrogen-bond donors (Lipinski definition) is 3. The highest BCUT2D eigenvalue weighted by molar-refractivity contribution is 5.79. The summed E-state index contributed by atoms with van der Waals surface area (Å²) in [5.41, 5.74) is 0. The van der Waals surface area contributed by atoms with E-state index in [4.69, 9.17) is 0 Å². The van der Waals surface area contributed by atoms with Crippen molar-refractivity contribution in [3.63, 3.8) is 0 Å². The van der Waals surface area contributed by atoms with Gasteiger partial charge in [-0.25, -0.2) is 0 Å². The molecule has 0 atom stereocenters. The molecule has 0 rings (SSSR count). The van der Waals surface area contributed by atoms with Crippen molar-refractivity contribution in [2.45, 2.75) is 19.3 Å². The van der Waals surface area contributed by atoms with Crippen LogP contribution in [-0.4, -0.2) is 38.5 Å². The van der Waals surface area contributed by atoms with Gasteiger partial charge in [-0.05, 0) is 20.0 Å². The SMILES string of the molecule is C=CCC(=O)NCCC(=O)NCCCNC. The number of nitrogens with one attached hydrogen (secondary N) is 3. The molecule has 0 fully saturated rings. The van der Waals surface area contributed by atoms with Crippen LogP contribution >= 0.6 is 0 Å². The lowest BCUT2D eigenvalue weighted by Crippen LogP contribution is -2.31. The molecule has 0 bridgehead atoms. The molecule has 5 heteroatoms. The van der Waals surface area contributed by atoms with E-state index in [-0.39, 0.29) is 11.8 Å². The van der Waals surface area contributed by atoms with Gasteiger partial charge in [0.25, 0.3) is 0 Å². The van der Waals surface area contributed by atoms with Gasteiger partial charge in [-0.1, -0.05) is 6.08 Å². The zero-order chi connectivity index (χ0) is 12.2. The van der Waals surface area contributed by atoms with Crippen LogP contribution in [0, 0.1) is 0 Å². The van der Waals surface area contributed by atoms with Gasteiger partial charge in [-0.3, -0.25) is 9.59 Å². The molecular formula is C11H21N3O2. The van der Waals surface area contributed by atoms with Crippen molar-refractivity contribution in [2.75, 3.05) is 26.7 Å². The molecule has 0 aromatic rings. The van der Waals surface area contributed by atoms with E-state index in [0.717, 1.165) is 13.0 Å². The minimum absolute atomic E-state index is 0.0324. The van der Waals surface area contributed by atoms with Crippen molar-refractivity contribution in [2.24, 2.45) is 0 Å². The van der Waals surface area contributed by atoms with Gasteiger partial charge in [0.2, 0.25) is 11.8 Å². The first-order valence-electron chi connectivity index (χ1n) is 5.49. The summed E-state index contributed by atoms with van der Waals surface area (Å²) in [6, 6.07) is 0. The van der Waals surface area contributed by atoms with E-state index in [1.54, 1.807) is 0 Å². The van der Waals surface area contributed by atoms with Gasteiger partial charge in [0, 0.05) is 25.9 Å². The lowest BCUT2D eigenvalue weighted by Gasteiger charge is -2.05. The topological polar surface area (TPSA) is 70.2 Å². The number of hydrogen-bond acceptors (Lipinski definition) is 3. The highest BCUT2D eigenvalue weighted by atomic mass is 16.2. The fourth-order valence-corrected chi connectivity index (χ4v) is 1.10. The number of carbonyl (C=O) groups is 2. The van der Waals surface area contributed by atoms with Crippen molar-refractivity contribution in [3.8, 4) is 0 Å². The third kappa shape index (κ3) is 9.21. The summed E-state index contributed by atoms with van der Waals surface area (Å²) in [5.74, 6) is -0.131. The van der Waals surface area contributed by atoms with Gasteiger partial charge < -0.3 is 16.0 Å². The second kappa shape index (κ2) is 10.2. The average Bonchev–Trinajstić information content (AvgIpc) is 2.25. The Labute approximate surface area is 96.7 Å². The Bertz CT molecular complexity index is 229. The fourth-order valence-electron chi connectivity index (χ4n) is 1.10. The highest BCUT2D eigenvalue weighted by Crippen LogP contribution is 1.82. The van der Waals surface area contributed by atoms with E-state index in [1.165, 1.54) is 6.08 Å². The maximum atomic E-state index is 11.2. The Hall–Kier alpha value is -1.36. The summed E-state index contributed by atoms with van der Waals surface area (Å²) in [7, 11) is 1.87. The van der Waals surface area contributed by atoms with Crippen LogP contribution in [0.5, 0.6) is 0 Å². The molecule has 3 N–H and O–H groups in total. The molecule has 16 heavy (non-hydrogen) atoms. The maximum Gasteiger partial charge on any atom is 0.223 e. The van der Waals surface area contributed by atoms with Crippen LogP contribution < -0.4 is 16.0 Å². The number of amides is 2. The predicted molar refractivity (Wildman–Crippen MR) is 64.0 cm³/mol. The third-order valence-electron chi connectivity index (χ3n) is 1.93. The molecule has 0 saturated carbocycles. The van der Waals surface area contributed by atoms with E-state index in [0.29, 0.717) is 25.9 Å². The maximum absolute atomic E-state index is 11.2. The van der Waals surface area contributed by atoms with Crippen LogP contribution in [0.15, 0.2) is 12.7 Å². The zero-order valence-electron chi connectivity index (χ0n) is 9.84. The van der Waals surface area contributed by atoms with Gasteiger partial charge in [-0.2, -0.15) is 0 Å². The lowest BCUT2D eigenvalue weighted by atomic mass is 10.3. The summed E-state index contributed by atoms with van der Waals surface area (Å²) in [5, 5.41) is 8.40. The molecule has 0 aromatic heterocycles. The molecule has 0 aliphatic rings. The smallest absolute Gasteiger partial charge is 0.223 e. The predicted octanol–water partition coefficient (Wildman–Crippen LogP) is -0.205.